The van der Waals surface area contributed by atoms with E-state index in [1.807, 2.05) is 34.6 Å². The zero-order valence-corrected chi connectivity index (χ0v) is 25.0. The Morgan fingerprint density at radius 3 is 2.51 bits per heavy atom. The Balaban J connectivity index is 1.36. The number of anilines is 2. The number of aryl methyl sites for hydroxylation is 3. The van der Waals surface area contributed by atoms with Gasteiger partial charge in [0.05, 0.1) is 36.4 Å². The number of ether oxygens (including phenoxy) is 2. The lowest BCUT2D eigenvalue weighted by molar-refractivity contribution is 0.0218. The summed E-state index contributed by atoms with van der Waals surface area (Å²) in [5, 5.41) is 13.8. The van der Waals surface area contributed by atoms with E-state index in [1.165, 1.54) is 0 Å². The molecule has 2 aromatic carbocycles. The van der Waals surface area contributed by atoms with Crippen molar-refractivity contribution in [2.45, 2.75) is 77.9 Å². The Morgan fingerprint density at radius 2 is 1.90 bits per heavy atom. The molecule has 5 rings (SSSR count). The molecule has 1 saturated heterocycles. The second-order valence-electron chi connectivity index (χ2n) is 12.3. The molecule has 1 amide bonds. The maximum Gasteiger partial charge on any atom is 0.410 e. The number of nitriles is 1. The van der Waals surface area contributed by atoms with Crippen molar-refractivity contribution < 1.29 is 18.8 Å². The maximum atomic E-state index is 12.5. The van der Waals surface area contributed by atoms with Gasteiger partial charge in [-0.3, -0.25) is 0 Å². The van der Waals surface area contributed by atoms with Crippen molar-refractivity contribution in [1.29, 1.82) is 5.26 Å². The summed E-state index contributed by atoms with van der Waals surface area (Å²) < 4.78 is 17.3. The molecule has 2 aliphatic rings. The topological polar surface area (TPSA) is 91.8 Å². The highest BCUT2D eigenvalue weighted by Crippen LogP contribution is 2.48. The van der Waals surface area contributed by atoms with Crippen LogP contribution in [0.25, 0.3) is 11.1 Å². The summed E-state index contributed by atoms with van der Waals surface area (Å²) >= 11 is 0. The second-order valence-corrected chi connectivity index (χ2v) is 12.3. The standard InChI is InChI=1S/C33H40N4O4/c1-22-7-8-25(30-23(2)35-41-24(30)3)19-29(22)37(27-11-9-26(10-12-27)33(21-34)14-15-33)17-18-39-28-13-16-36(20-28)31(38)40-32(4,5)6/h7-12,19,28H,13-18,20H2,1-6H3. The van der Waals surface area contributed by atoms with Crippen molar-refractivity contribution >= 4 is 17.5 Å². The van der Waals surface area contributed by atoms with Crippen molar-refractivity contribution in [3.63, 3.8) is 0 Å². The molecular weight excluding hydrogens is 516 g/mol. The van der Waals surface area contributed by atoms with Gasteiger partial charge in [-0.05, 0) is 95.7 Å². The van der Waals surface area contributed by atoms with E-state index in [4.69, 9.17) is 14.0 Å². The van der Waals surface area contributed by atoms with Crippen LogP contribution in [-0.2, 0) is 14.9 Å². The fourth-order valence-corrected chi connectivity index (χ4v) is 5.56. The Labute approximate surface area is 242 Å². The first kappa shape index (κ1) is 28.7. The van der Waals surface area contributed by atoms with Crippen LogP contribution in [0.1, 0.15) is 62.6 Å². The minimum Gasteiger partial charge on any atom is -0.444 e. The SMILES string of the molecule is Cc1ccc(-c2c(C)noc2C)cc1N(CCOC1CCN(C(=O)OC(C)(C)C)C1)c1ccc(C2(C#N)CC2)cc1. The fourth-order valence-electron chi connectivity index (χ4n) is 5.56. The predicted molar refractivity (Wildman–Crippen MR) is 158 cm³/mol. The summed E-state index contributed by atoms with van der Waals surface area (Å²) in [4.78, 5) is 16.5. The molecule has 1 aliphatic carbocycles. The first-order valence-electron chi connectivity index (χ1n) is 14.4. The van der Waals surface area contributed by atoms with Crippen LogP contribution in [-0.4, -0.2) is 54.1 Å². The summed E-state index contributed by atoms with van der Waals surface area (Å²) in [7, 11) is 0. The van der Waals surface area contributed by atoms with Gasteiger partial charge in [-0.1, -0.05) is 29.4 Å². The van der Waals surface area contributed by atoms with Crippen LogP contribution in [0, 0.1) is 32.1 Å². The normalized spacial score (nSPS) is 17.8. The van der Waals surface area contributed by atoms with Crippen LogP contribution in [0.2, 0.25) is 0 Å². The van der Waals surface area contributed by atoms with E-state index in [-0.39, 0.29) is 17.6 Å². The number of amides is 1. The number of aromatic nitrogens is 1. The van der Waals surface area contributed by atoms with E-state index < -0.39 is 5.60 Å². The molecule has 41 heavy (non-hydrogen) atoms. The molecule has 1 aliphatic heterocycles. The van der Waals surface area contributed by atoms with E-state index in [2.05, 4.69) is 65.5 Å². The van der Waals surface area contributed by atoms with E-state index in [1.54, 1.807) is 4.90 Å². The zero-order chi connectivity index (χ0) is 29.4. The van der Waals surface area contributed by atoms with Gasteiger partial charge in [0.25, 0.3) is 0 Å². The molecule has 1 saturated carbocycles. The van der Waals surface area contributed by atoms with Gasteiger partial charge in [0.1, 0.15) is 11.4 Å². The molecule has 216 valence electrons. The van der Waals surface area contributed by atoms with Crippen molar-refractivity contribution in [2.24, 2.45) is 0 Å². The molecule has 0 radical (unpaired) electrons. The second kappa shape index (κ2) is 11.2. The highest BCUT2D eigenvalue weighted by Gasteiger charge is 2.44. The third-order valence-electron chi connectivity index (χ3n) is 7.98. The molecule has 1 unspecified atom stereocenters. The van der Waals surface area contributed by atoms with Crippen LogP contribution in [0.3, 0.4) is 0 Å². The van der Waals surface area contributed by atoms with E-state index in [0.29, 0.717) is 26.2 Å². The Kier molecular flexibility index (Phi) is 7.85. The Morgan fingerprint density at radius 1 is 1.17 bits per heavy atom. The van der Waals surface area contributed by atoms with Crippen LogP contribution in [0.15, 0.2) is 47.0 Å². The third kappa shape index (κ3) is 6.25. The number of hydrogen-bond acceptors (Lipinski definition) is 7. The van der Waals surface area contributed by atoms with Gasteiger partial charge in [-0.25, -0.2) is 4.79 Å². The lowest BCUT2D eigenvalue weighted by Gasteiger charge is -2.28. The third-order valence-corrected chi connectivity index (χ3v) is 7.98. The first-order valence-corrected chi connectivity index (χ1v) is 14.4. The number of likely N-dealkylation sites (tertiary alicyclic amines) is 1. The molecule has 2 heterocycles. The summed E-state index contributed by atoms with van der Waals surface area (Å²) in [5.41, 5.74) is 6.40. The minimum absolute atomic E-state index is 0.0353. The molecule has 3 aromatic rings. The summed E-state index contributed by atoms with van der Waals surface area (Å²) in [6.07, 6.45) is 2.29. The van der Waals surface area contributed by atoms with Gasteiger partial charge in [-0.2, -0.15) is 5.26 Å². The number of nitrogens with zero attached hydrogens (tertiary/aromatic N) is 4. The number of rotatable bonds is 8. The van der Waals surface area contributed by atoms with Gasteiger partial charge >= 0.3 is 6.09 Å². The van der Waals surface area contributed by atoms with Crippen LogP contribution in [0.5, 0.6) is 0 Å². The molecule has 8 nitrogen and oxygen atoms in total. The average molecular weight is 557 g/mol. The fraction of sp³-hybridized carbons (Fsp3) is 0.485. The first-order chi connectivity index (χ1) is 19.5. The van der Waals surface area contributed by atoms with E-state index >= 15 is 0 Å². The van der Waals surface area contributed by atoms with E-state index in [0.717, 1.165) is 64.3 Å². The maximum absolute atomic E-state index is 12.5. The number of carbonyl (C=O) groups excluding carboxylic acids is 1. The number of hydrogen-bond donors (Lipinski definition) is 0. The van der Waals surface area contributed by atoms with Crippen molar-refractivity contribution in [2.75, 3.05) is 31.1 Å². The average Bonchev–Trinajstić information content (AvgIpc) is 3.46. The monoisotopic (exact) mass is 556 g/mol. The molecule has 0 bridgehead atoms. The summed E-state index contributed by atoms with van der Waals surface area (Å²) in [6.45, 7) is 13.9. The smallest absolute Gasteiger partial charge is 0.410 e. The summed E-state index contributed by atoms with van der Waals surface area (Å²) in [5.74, 6) is 0.790. The lowest BCUT2D eigenvalue weighted by Crippen LogP contribution is -2.36. The van der Waals surface area contributed by atoms with Gasteiger partial charge in [0, 0.05) is 30.0 Å². The molecule has 0 N–H and O–H groups in total. The Bertz CT molecular complexity index is 1420. The lowest BCUT2D eigenvalue weighted by atomic mass is 9.97. The largest absolute Gasteiger partial charge is 0.444 e. The summed E-state index contributed by atoms with van der Waals surface area (Å²) in [6, 6.07) is 17.3. The molecule has 1 atom stereocenters. The van der Waals surface area contributed by atoms with Crippen LogP contribution >= 0.6 is 0 Å². The quantitative estimate of drug-likeness (QED) is 0.295. The number of benzene rings is 2. The van der Waals surface area contributed by atoms with Crippen LogP contribution < -0.4 is 4.90 Å². The highest BCUT2D eigenvalue weighted by atomic mass is 16.6. The molecule has 8 heteroatoms. The number of carbonyl (C=O) groups is 1. The molecular formula is C33H40N4O4. The van der Waals surface area contributed by atoms with Gasteiger partial charge in [0.2, 0.25) is 0 Å². The van der Waals surface area contributed by atoms with Crippen molar-refractivity contribution in [3.8, 4) is 17.2 Å². The molecule has 0 spiro atoms. The van der Waals surface area contributed by atoms with Crippen molar-refractivity contribution in [3.05, 3.63) is 65.0 Å². The molecule has 1 aromatic heterocycles. The minimum atomic E-state index is -0.519. The van der Waals surface area contributed by atoms with Crippen molar-refractivity contribution in [1.82, 2.24) is 10.1 Å². The van der Waals surface area contributed by atoms with Gasteiger partial charge in [-0.15, -0.1) is 0 Å². The zero-order valence-electron chi connectivity index (χ0n) is 25.0. The van der Waals surface area contributed by atoms with Gasteiger partial charge in [0.15, 0.2) is 0 Å². The van der Waals surface area contributed by atoms with Gasteiger partial charge < -0.3 is 23.8 Å². The molecule has 2 fully saturated rings. The Hall–Kier alpha value is -3.83. The highest BCUT2D eigenvalue weighted by molar-refractivity contribution is 5.76. The van der Waals surface area contributed by atoms with E-state index in [9.17, 15) is 10.1 Å². The predicted octanol–water partition coefficient (Wildman–Crippen LogP) is 6.99. The van der Waals surface area contributed by atoms with Crippen LogP contribution in [0.4, 0.5) is 16.2 Å².